The summed E-state index contributed by atoms with van der Waals surface area (Å²) in [5.74, 6) is -0.126. The molecule has 1 heterocycles. The van der Waals surface area contributed by atoms with Crippen LogP contribution in [-0.4, -0.2) is 84.2 Å². The molecule has 4 N–H and O–H groups in total. The van der Waals surface area contributed by atoms with E-state index in [4.69, 9.17) is 24.1 Å². The molecule has 1 fully saturated rings. The predicted molar refractivity (Wildman–Crippen MR) is 80.4 cm³/mol. The maximum absolute atomic E-state index is 10.3. The Labute approximate surface area is 136 Å². The molecule has 8 nitrogen and oxygen atoms in total. The molecule has 1 saturated heterocycles. The Bertz CT molecular complexity index is 363. The van der Waals surface area contributed by atoms with Gasteiger partial charge in [-0.1, -0.05) is 13.5 Å². The van der Waals surface area contributed by atoms with Crippen molar-refractivity contribution >= 4 is 0 Å². The van der Waals surface area contributed by atoms with E-state index in [1.807, 2.05) is 0 Å². The largest absolute Gasteiger partial charge is 0.490 e. The molecule has 23 heavy (non-hydrogen) atoms. The van der Waals surface area contributed by atoms with Crippen LogP contribution in [0.15, 0.2) is 12.3 Å². The lowest BCUT2D eigenvalue weighted by atomic mass is 9.91. The Hall–Kier alpha value is -0.740. The van der Waals surface area contributed by atoms with Crippen LogP contribution in [0.2, 0.25) is 0 Å². The van der Waals surface area contributed by atoms with Crippen LogP contribution in [0.5, 0.6) is 0 Å². The topological polar surface area (TPSA) is 118 Å². The third kappa shape index (κ3) is 5.12. The number of ether oxygens (including phenoxy) is 4. The van der Waals surface area contributed by atoms with Gasteiger partial charge in [0.1, 0.15) is 24.1 Å². The number of methoxy groups -OCH3 is 1. The molecule has 8 heteroatoms. The van der Waals surface area contributed by atoms with E-state index < -0.39 is 43.4 Å². The lowest BCUT2D eigenvalue weighted by Gasteiger charge is -2.43. The molecule has 0 saturated carbocycles. The first-order chi connectivity index (χ1) is 10.9. The van der Waals surface area contributed by atoms with Crippen LogP contribution in [0.1, 0.15) is 13.8 Å². The minimum absolute atomic E-state index is 0.109. The zero-order valence-electron chi connectivity index (χ0n) is 13.8. The van der Waals surface area contributed by atoms with Gasteiger partial charge in [0.05, 0.1) is 32.0 Å². The van der Waals surface area contributed by atoms with Crippen molar-refractivity contribution in [3.05, 3.63) is 12.3 Å². The van der Waals surface area contributed by atoms with E-state index >= 15 is 0 Å². The molecule has 1 aliphatic heterocycles. The van der Waals surface area contributed by atoms with E-state index in [-0.39, 0.29) is 24.9 Å². The zero-order chi connectivity index (χ0) is 17.6. The van der Waals surface area contributed by atoms with Gasteiger partial charge in [0.2, 0.25) is 0 Å². The molecule has 0 bridgehead atoms. The predicted octanol–water partition coefficient (Wildman–Crippen LogP) is -0.996. The highest BCUT2D eigenvalue weighted by Crippen LogP contribution is 2.29. The molecular formula is C15H28O8. The Kier molecular flexibility index (Phi) is 8.41. The van der Waals surface area contributed by atoms with Crippen molar-refractivity contribution in [2.45, 2.75) is 50.7 Å². The van der Waals surface area contributed by atoms with Crippen LogP contribution in [0.25, 0.3) is 0 Å². The fourth-order valence-corrected chi connectivity index (χ4v) is 2.48. The molecule has 7 atom stereocenters. The van der Waals surface area contributed by atoms with Crippen LogP contribution >= 0.6 is 0 Å². The summed E-state index contributed by atoms with van der Waals surface area (Å²) < 4.78 is 21.7. The molecule has 2 unspecified atom stereocenters. The van der Waals surface area contributed by atoms with E-state index in [0.717, 1.165) is 0 Å². The summed E-state index contributed by atoms with van der Waals surface area (Å²) in [6, 6.07) is 0. The Morgan fingerprint density at radius 2 is 1.91 bits per heavy atom. The maximum Gasteiger partial charge on any atom is 0.187 e. The van der Waals surface area contributed by atoms with Crippen molar-refractivity contribution in [2.24, 2.45) is 5.92 Å². The second-order valence-corrected chi connectivity index (χ2v) is 5.66. The normalized spacial score (nSPS) is 34.0. The van der Waals surface area contributed by atoms with Crippen molar-refractivity contribution in [3.8, 4) is 0 Å². The first kappa shape index (κ1) is 20.3. The molecular weight excluding hydrogens is 308 g/mol. The van der Waals surface area contributed by atoms with E-state index in [1.54, 1.807) is 13.8 Å². The van der Waals surface area contributed by atoms with Gasteiger partial charge in [0, 0.05) is 13.0 Å². The van der Waals surface area contributed by atoms with Crippen LogP contribution in [0.3, 0.4) is 0 Å². The fourth-order valence-electron chi connectivity index (χ4n) is 2.48. The van der Waals surface area contributed by atoms with Gasteiger partial charge in [-0.3, -0.25) is 0 Å². The van der Waals surface area contributed by atoms with Crippen LogP contribution in [0, 0.1) is 5.92 Å². The summed E-state index contributed by atoms with van der Waals surface area (Å²) in [6.45, 7) is 6.18. The van der Waals surface area contributed by atoms with Gasteiger partial charge >= 0.3 is 0 Å². The van der Waals surface area contributed by atoms with Gasteiger partial charge in [-0.2, -0.15) is 0 Å². The second kappa shape index (κ2) is 9.53. The molecule has 0 aromatic heterocycles. The monoisotopic (exact) mass is 336 g/mol. The average molecular weight is 336 g/mol. The summed E-state index contributed by atoms with van der Waals surface area (Å²) in [6.07, 6.45) is -4.83. The number of rotatable bonds is 9. The molecule has 136 valence electrons. The summed E-state index contributed by atoms with van der Waals surface area (Å²) in [7, 11) is 1.45. The van der Waals surface area contributed by atoms with Crippen LogP contribution < -0.4 is 0 Å². The van der Waals surface area contributed by atoms with Gasteiger partial charge < -0.3 is 39.4 Å². The number of hydrogen-bond acceptors (Lipinski definition) is 8. The van der Waals surface area contributed by atoms with Gasteiger partial charge in [0.15, 0.2) is 6.29 Å². The van der Waals surface area contributed by atoms with Gasteiger partial charge in [-0.15, -0.1) is 0 Å². The first-order valence-corrected chi connectivity index (χ1v) is 7.59. The average Bonchev–Trinajstić information content (AvgIpc) is 2.54. The van der Waals surface area contributed by atoms with Crippen molar-refractivity contribution in [1.29, 1.82) is 0 Å². The highest BCUT2D eigenvalue weighted by Gasteiger charge is 2.44. The fraction of sp³-hybridized carbons (Fsp3) is 0.867. The minimum atomic E-state index is -1.12. The van der Waals surface area contributed by atoms with E-state index in [2.05, 4.69) is 6.58 Å². The van der Waals surface area contributed by atoms with Crippen molar-refractivity contribution in [3.63, 3.8) is 0 Å². The van der Waals surface area contributed by atoms with Crippen LogP contribution in [0.4, 0.5) is 0 Å². The minimum Gasteiger partial charge on any atom is -0.490 e. The summed E-state index contributed by atoms with van der Waals surface area (Å²) in [5.41, 5.74) is 0. The second-order valence-electron chi connectivity index (χ2n) is 5.66. The molecule has 0 aliphatic carbocycles. The summed E-state index contributed by atoms with van der Waals surface area (Å²) >= 11 is 0. The highest BCUT2D eigenvalue weighted by molar-refractivity contribution is 4.96. The van der Waals surface area contributed by atoms with Crippen molar-refractivity contribution in [2.75, 3.05) is 26.9 Å². The van der Waals surface area contributed by atoms with Gasteiger partial charge in [-0.05, 0) is 6.92 Å². The SMILES string of the molecule is C=C(O[C@H](C)CO)[C@H](CO)O[C@@H]1OC(CO)[C@H](C)[C@H](OC)C1O. The quantitative estimate of drug-likeness (QED) is 0.396. The Balaban J connectivity index is 2.76. The Morgan fingerprint density at radius 1 is 1.26 bits per heavy atom. The first-order valence-electron chi connectivity index (χ1n) is 7.59. The third-order valence-electron chi connectivity index (χ3n) is 3.91. The van der Waals surface area contributed by atoms with Crippen LogP contribution in [-0.2, 0) is 18.9 Å². The van der Waals surface area contributed by atoms with Crippen molar-refractivity contribution < 1.29 is 39.4 Å². The van der Waals surface area contributed by atoms with E-state index in [9.17, 15) is 15.3 Å². The molecule has 0 radical (unpaired) electrons. The summed E-state index contributed by atoms with van der Waals surface area (Å²) in [5, 5.41) is 38.1. The van der Waals surface area contributed by atoms with Gasteiger partial charge in [-0.25, -0.2) is 0 Å². The number of hydrogen-bond donors (Lipinski definition) is 4. The Morgan fingerprint density at radius 3 is 2.39 bits per heavy atom. The zero-order valence-corrected chi connectivity index (χ0v) is 13.8. The smallest absolute Gasteiger partial charge is 0.187 e. The van der Waals surface area contributed by atoms with E-state index in [0.29, 0.717) is 0 Å². The number of aliphatic hydroxyl groups is 4. The molecule has 1 aliphatic rings. The third-order valence-corrected chi connectivity index (χ3v) is 3.91. The highest BCUT2D eigenvalue weighted by atomic mass is 16.7. The lowest BCUT2D eigenvalue weighted by molar-refractivity contribution is -0.304. The molecule has 0 aromatic carbocycles. The molecule has 0 aromatic rings. The standard InChI is InChI=1S/C15H28O8/c1-8(5-16)21-10(3)12(7-18)23-15-13(19)14(20-4)9(2)11(6-17)22-15/h8-9,11-19H,3,5-7H2,1-2,4H3/t8-,9+,11?,12+,13?,14+,15+/m1/s1. The molecule has 0 spiro atoms. The summed E-state index contributed by atoms with van der Waals surface area (Å²) in [4.78, 5) is 0. The molecule has 1 rings (SSSR count). The van der Waals surface area contributed by atoms with Crippen molar-refractivity contribution in [1.82, 2.24) is 0 Å². The van der Waals surface area contributed by atoms with Gasteiger partial charge in [0.25, 0.3) is 0 Å². The lowest BCUT2D eigenvalue weighted by Crippen LogP contribution is -2.57. The molecule has 0 amide bonds. The maximum atomic E-state index is 10.3. The number of aliphatic hydroxyl groups excluding tert-OH is 4. The van der Waals surface area contributed by atoms with E-state index in [1.165, 1.54) is 7.11 Å².